The van der Waals surface area contributed by atoms with E-state index in [1.54, 1.807) is 0 Å². The van der Waals surface area contributed by atoms with Crippen LogP contribution in [0.15, 0.2) is 18.2 Å². The quantitative estimate of drug-likeness (QED) is 0.611. The van der Waals surface area contributed by atoms with Crippen molar-refractivity contribution >= 4 is 23.4 Å². The molecule has 4 saturated carbocycles. The fourth-order valence-electron chi connectivity index (χ4n) is 4.57. The largest absolute Gasteiger partial charge is 0.484 e. The molecular formula is C20H22ClF3N2O4. The number of benzene rings is 1. The third-order valence-corrected chi connectivity index (χ3v) is 6.34. The van der Waals surface area contributed by atoms with Crippen LogP contribution in [0.3, 0.4) is 0 Å². The molecule has 6 nitrogen and oxygen atoms in total. The van der Waals surface area contributed by atoms with Crippen molar-refractivity contribution in [2.45, 2.75) is 55.7 Å². The molecule has 0 spiro atoms. The number of alkyl halides is 2. The van der Waals surface area contributed by atoms with E-state index in [-0.39, 0.29) is 65.8 Å². The number of nitrogens with one attached hydrogen (secondary N) is 2. The monoisotopic (exact) mass is 446 g/mol. The maximum Gasteiger partial charge on any atom is 0.258 e. The van der Waals surface area contributed by atoms with Crippen molar-refractivity contribution in [3.8, 4) is 5.75 Å². The van der Waals surface area contributed by atoms with E-state index in [4.69, 9.17) is 21.1 Å². The third kappa shape index (κ3) is 4.37. The van der Waals surface area contributed by atoms with Crippen LogP contribution in [0.25, 0.3) is 0 Å². The minimum Gasteiger partial charge on any atom is -0.484 e. The lowest BCUT2D eigenvalue weighted by atomic mass is 9.44. The molecule has 1 aromatic carbocycles. The van der Waals surface area contributed by atoms with Crippen molar-refractivity contribution in [2.75, 3.05) is 13.2 Å². The lowest BCUT2D eigenvalue weighted by Crippen LogP contribution is -2.84. The van der Waals surface area contributed by atoms with Crippen molar-refractivity contribution in [1.29, 1.82) is 0 Å². The predicted molar refractivity (Wildman–Crippen MR) is 101 cm³/mol. The summed E-state index contributed by atoms with van der Waals surface area (Å²) >= 11 is 5.60. The molecule has 164 valence electrons. The summed E-state index contributed by atoms with van der Waals surface area (Å²) in [5.74, 6) is -1.64. The molecule has 30 heavy (non-hydrogen) atoms. The minimum atomic E-state index is -2.33. The van der Waals surface area contributed by atoms with Gasteiger partial charge in [0.15, 0.2) is 6.61 Å². The molecule has 0 unspecified atom stereocenters. The number of ether oxygens (including phenoxy) is 2. The van der Waals surface area contributed by atoms with E-state index in [1.165, 1.54) is 12.1 Å². The number of amides is 2. The highest BCUT2D eigenvalue weighted by molar-refractivity contribution is 6.30. The Morgan fingerprint density at radius 1 is 1.10 bits per heavy atom. The molecule has 2 amide bonds. The summed E-state index contributed by atoms with van der Waals surface area (Å²) in [5, 5.41) is 5.79. The molecule has 0 heterocycles. The second kappa shape index (κ2) is 7.92. The van der Waals surface area contributed by atoms with Gasteiger partial charge in [0.1, 0.15) is 18.2 Å². The van der Waals surface area contributed by atoms with E-state index < -0.39 is 18.2 Å². The Hall–Kier alpha value is -2.00. The third-order valence-electron chi connectivity index (χ3n) is 6.04. The van der Waals surface area contributed by atoms with Gasteiger partial charge in [0.2, 0.25) is 12.3 Å². The highest BCUT2D eigenvalue weighted by atomic mass is 35.5. The SMILES string of the molecule is O=C(COc1ccc(Cl)c(F)c1)NC12CC(NC(=O)COC3CC(C(F)F)C3)(C1)C2. The zero-order valence-electron chi connectivity index (χ0n) is 16.1. The highest BCUT2D eigenvalue weighted by Crippen LogP contribution is 2.60. The Bertz CT molecular complexity index is 828. The molecule has 5 rings (SSSR count). The van der Waals surface area contributed by atoms with E-state index in [0.29, 0.717) is 19.3 Å². The summed E-state index contributed by atoms with van der Waals surface area (Å²) in [7, 11) is 0. The molecule has 4 fully saturated rings. The Kier molecular flexibility index (Phi) is 5.61. The van der Waals surface area contributed by atoms with Gasteiger partial charge >= 0.3 is 0 Å². The van der Waals surface area contributed by atoms with Crippen LogP contribution in [0.2, 0.25) is 5.02 Å². The van der Waals surface area contributed by atoms with Gasteiger partial charge in [0, 0.05) is 23.1 Å². The molecule has 0 saturated heterocycles. The van der Waals surface area contributed by atoms with E-state index >= 15 is 0 Å². The summed E-state index contributed by atoms with van der Waals surface area (Å²) in [4.78, 5) is 24.1. The average molecular weight is 447 g/mol. The van der Waals surface area contributed by atoms with Crippen LogP contribution in [-0.2, 0) is 14.3 Å². The van der Waals surface area contributed by atoms with Crippen molar-refractivity contribution in [1.82, 2.24) is 10.6 Å². The van der Waals surface area contributed by atoms with E-state index in [0.717, 1.165) is 6.07 Å². The number of hydrogen-bond donors (Lipinski definition) is 2. The van der Waals surface area contributed by atoms with Crippen molar-refractivity contribution in [3.63, 3.8) is 0 Å². The maximum atomic E-state index is 13.4. The zero-order valence-corrected chi connectivity index (χ0v) is 16.8. The van der Waals surface area contributed by atoms with Gasteiger partial charge in [0.25, 0.3) is 5.91 Å². The van der Waals surface area contributed by atoms with Crippen LogP contribution in [0, 0.1) is 11.7 Å². The lowest BCUT2D eigenvalue weighted by molar-refractivity contribution is -0.156. The van der Waals surface area contributed by atoms with Crippen LogP contribution in [0.5, 0.6) is 5.75 Å². The molecule has 0 atom stereocenters. The molecule has 0 radical (unpaired) electrons. The van der Waals surface area contributed by atoms with Gasteiger partial charge in [0.05, 0.1) is 11.1 Å². The Labute approximate surface area is 176 Å². The van der Waals surface area contributed by atoms with E-state index in [2.05, 4.69) is 10.6 Å². The number of carbonyl (C=O) groups excluding carboxylic acids is 2. The summed E-state index contributed by atoms with van der Waals surface area (Å²) in [6, 6.07) is 3.94. The van der Waals surface area contributed by atoms with Crippen molar-refractivity contribution in [3.05, 3.63) is 29.0 Å². The molecule has 2 bridgehead atoms. The predicted octanol–water partition coefficient (Wildman–Crippen LogP) is 2.83. The van der Waals surface area contributed by atoms with Crippen molar-refractivity contribution < 1.29 is 32.2 Å². The normalized spacial score (nSPS) is 31.2. The fourth-order valence-corrected chi connectivity index (χ4v) is 4.69. The topological polar surface area (TPSA) is 76.7 Å². The minimum absolute atomic E-state index is 0.0246. The summed E-state index contributed by atoms with van der Waals surface area (Å²) in [6.45, 7) is -0.399. The first kappa shape index (κ1) is 21.2. The Morgan fingerprint density at radius 2 is 1.70 bits per heavy atom. The van der Waals surface area contributed by atoms with Crippen LogP contribution in [-0.4, -0.2) is 48.6 Å². The molecule has 10 heteroatoms. The molecule has 0 aliphatic heterocycles. The molecule has 0 aromatic heterocycles. The number of carbonyl (C=O) groups is 2. The molecule has 4 aliphatic carbocycles. The second-order valence-corrected chi connectivity index (χ2v) is 8.96. The van der Waals surface area contributed by atoms with Crippen LogP contribution < -0.4 is 15.4 Å². The standard InChI is InChI=1S/C20H22ClF3N2O4/c21-14-2-1-12(5-15(14)22)29-6-16(27)25-19-8-20(9-19,10-19)26-17(28)7-30-13-3-11(4-13)18(23)24/h1-2,5,11,13,18H,3-4,6-10H2,(H,25,27)(H,26,28). The summed E-state index contributed by atoms with van der Waals surface area (Å²) < 4.78 is 48.9. The van der Waals surface area contributed by atoms with Crippen molar-refractivity contribution in [2.24, 2.45) is 5.92 Å². The van der Waals surface area contributed by atoms with Gasteiger partial charge < -0.3 is 20.1 Å². The van der Waals surface area contributed by atoms with Crippen LogP contribution in [0.1, 0.15) is 32.1 Å². The smallest absolute Gasteiger partial charge is 0.258 e. The number of halogens is 4. The molecular weight excluding hydrogens is 425 g/mol. The number of hydrogen-bond acceptors (Lipinski definition) is 4. The molecule has 1 aromatic rings. The second-order valence-electron chi connectivity index (χ2n) is 8.55. The van der Waals surface area contributed by atoms with Crippen LogP contribution >= 0.6 is 11.6 Å². The first-order valence-electron chi connectivity index (χ1n) is 9.77. The Morgan fingerprint density at radius 3 is 2.27 bits per heavy atom. The van der Waals surface area contributed by atoms with Gasteiger partial charge in [-0.25, -0.2) is 13.2 Å². The maximum absolute atomic E-state index is 13.4. The van der Waals surface area contributed by atoms with Gasteiger partial charge in [-0.15, -0.1) is 0 Å². The van der Waals surface area contributed by atoms with E-state index in [9.17, 15) is 22.8 Å². The molecule has 2 N–H and O–H groups in total. The summed E-state index contributed by atoms with van der Waals surface area (Å²) in [5.41, 5.74) is -0.683. The first-order valence-corrected chi connectivity index (χ1v) is 10.2. The van der Waals surface area contributed by atoms with Gasteiger partial charge in [-0.05, 0) is 44.2 Å². The first-order chi connectivity index (χ1) is 14.2. The fraction of sp³-hybridized carbons (Fsp3) is 0.600. The van der Waals surface area contributed by atoms with E-state index in [1.807, 2.05) is 0 Å². The number of rotatable bonds is 9. The van der Waals surface area contributed by atoms with Gasteiger partial charge in [-0.2, -0.15) is 0 Å². The van der Waals surface area contributed by atoms with Gasteiger partial charge in [-0.1, -0.05) is 11.6 Å². The zero-order chi connectivity index (χ0) is 21.5. The van der Waals surface area contributed by atoms with Crippen LogP contribution in [0.4, 0.5) is 13.2 Å². The van der Waals surface area contributed by atoms with Gasteiger partial charge in [-0.3, -0.25) is 9.59 Å². The average Bonchev–Trinajstić information content (AvgIpc) is 2.58. The highest BCUT2D eigenvalue weighted by Gasteiger charge is 2.69. The Balaban J connectivity index is 1.12. The lowest BCUT2D eigenvalue weighted by Gasteiger charge is -2.70. The summed E-state index contributed by atoms with van der Waals surface area (Å²) in [6.07, 6.45) is -0.185. The molecule has 4 aliphatic rings.